The lowest BCUT2D eigenvalue weighted by Gasteiger charge is -2.15. The zero-order valence-electron chi connectivity index (χ0n) is 11.5. The highest BCUT2D eigenvalue weighted by Crippen LogP contribution is 2.17. The van der Waals surface area contributed by atoms with Crippen molar-refractivity contribution in [3.05, 3.63) is 62.7 Å². The quantitative estimate of drug-likeness (QED) is 0.749. The third-order valence-electron chi connectivity index (χ3n) is 2.89. The molecular weight excluding hydrogens is 401 g/mol. The third-order valence-corrected chi connectivity index (χ3v) is 3.93. The van der Waals surface area contributed by atoms with Crippen molar-refractivity contribution in [3.8, 4) is 5.75 Å². The number of nitrogens with one attached hydrogen (secondary N) is 1. The second-order valence-electron chi connectivity index (χ2n) is 4.53. The number of carbonyl (C=O) groups is 1. The van der Waals surface area contributed by atoms with Gasteiger partial charge in [-0.05, 0) is 59.3 Å². The van der Waals surface area contributed by atoms with Crippen LogP contribution in [0.25, 0.3) is 0 Å². The van der Waals surface area contributed by atoms with E-state index in [1.807, 2.05) is 42.5 Å². The van der Waals surface area contributed by atoms with Crippen molar-refractivity contribution in [2.45, 2.75) is 19.6 Å². The standard InChI is InChI=1S/C16H15ClINO2/c1-11(21-14-7-4-6-13(18)9-14)16(20)19-10-12-5-2-3-8-15(12)17/h2-9,11H,10H2,1H3,(H,19,20). The highest BCUT2D eigenvalue weighted by atomic mass is 127. The molecule has 0 saturated heterocycles. The minimum atomic E-state index is -0.564. The summed E-state index contributed by atoms with van der Waals surface area (Å²) in [5.74, 6) is 0.510. The van der Waals surface area contributed by atoms with Gasteiger partial charge in [0.1, 0.15) is 5.75 Å². The van der Waals surface area contributed by atoms with E-state index in [0.717, 1.165) is 9.13 Å². The van der Waals surface area contributed by atoms with Gasteiger partial charge in [0, 0.05) is 15.1 Å². The van der Waals surface area contributed by atoms with Crippen LogP contribution in [0.1, 0.15) is 12.5 Å². The maximum atomic E-state index is 12.0. The molecule has 2 aromatic carbocycles. The van der Waals surface area contributed by atoms with Gasteiger partial charge in [-0.1, -0.05) is 35.9 Å². The van der Waals surface area contributed by atoms with Gasteiger partial charge in [-0.15, -0.1) is 0 Å². The van der Waals surface area contributed by atoms with Gasteiger partial charge in [0.05, 0.1) is 0 Å². The SMILES string of the molecule is CC(Oc1cccc(I)c1)C(=O)NCc1ccccc1Cl. The Morgan fingerprint density at radius 2 is 2.05 bits per heavy atom. The molecule has 2 rings (SSSR count). The summed E-state index contributed by atoms with van der Waals surface area (Å²) in [7, 11) is 0. The number of hydrogen-bond donors (Lipinski definition) is 1. The van der Waals surface area contributed by atoms with Gasteiger partial charge in [-0.3, -0.25) is 4.79 Å². The number of amides is 1. The fourth-order valence-corrected chi connectivity index (χ4v) is 2.48. The molecule has 0 aliphatic rings. The van der Waals surface area contributed by atoms with Crippen LogP contribution >= 0.6 is 34.2 Å². The highest BCUT2D eigenvalue weighted by Gasteiger charge is 2.14. The van der Waals surface area contributed by atoms with E-state index in [-0.39, 0.29) is 5.91 Å². The largest absolute Gasteiger partial charge is 0.481 e. The zero-order valence-corrected chi connectivity index (χ0v) is 14.4. The van der Waals surface area contributed by atoms with Crippen LogP contribution in [0.5, 0.6) is 5.75 Å². The number of hydrogen-bond acceptors (Lipinski definition) is 2. The molecule has 2 aromatic rings. The second kappa shape index (κ2) is 7.66. The Bertz CT molecular complexity index is 633. The molecule has 5 heteroatoms. The van der Waals surface area contributed by atoms with Crippen molar-refractivity contribution in [1.82, 2.24) is 5.32 Å². The average Bonchev–Trinajstić information content (AvgIpc) is 2.46. The Kier molecular flexibility index (Phi) is 5.87. The lowest BCUT2D eigenvalue weighted by molar-refractivity contribution is -0.127. The van der Waals surface area contributed by atoms with E-state index >= 15 is 0 Å². The van der Waals surface area contributed by atoms with Crippen molar-refractivity contribution < 1.29 is 9.53 Å². The summed E-state index contributed by atoms with van der Waals surface area (Å²) in [5, 5.41) is 3.47. The Morgan fingerprint density at radius 1 is 1.29 bits per heavy atom. The van der Waals surface area contributed by atoms with Crippen molar-refractivity contribution in [2.24, 2.45) is 0 Å². The first kappa shape index (κ1) is 16.1. The predicted molar refractivity (Wildman–Crippen MR) is 92.5 cm³/mol. The number of ether oxygens (including phenoxy) is 1. The van der Waals surface area contributed by atoms with Gasteiger partial charge in [-0.25, -0.2) is 0 Å². The molecule has 1 unspecified atom stereocenters. The van der Waals surface area contributed by atoms with Crippen LogP contribution in [0.2, 0.25) is 5.02 Å². The van der Waals surface area contributed by atoms with Crippen LogP contribution in [-0.2, 0) is 11.3 Å². The molecule has 0 radical (unpaired) electrons. The van der Waals surface area contributed by atoms with Crippen LogP contribution in [-0.4, -0.2) is 12.0 Å². The molecule has 0 aliphatic heterocycles. The molecule has 1 N–H and O–H groups in total. The molecule has 0 aromatic heterocycles. The van der Waals surface area contributed by atoms with E-state index in [0.29, 0.717) is 17.3 Å². The topological polar surface area (TPSA) is 38.3 Å². The summed E-state index contributed by atoms with van der Waals surface area (Å²) in [4.78, 5) is 12.0. The molecule has 21 heavy (non-hydrogen) atoms. The molecule has 1 atom stereocenters. The van der Waals surface area contributed by atoms with Gasteiger partial charge in [0.25, 0.3) is 5.91 Å². The van der Waals surface area contributed by atoms with E-state index in [2.05, 4.69) is 27.9 Å². The number of carbonyl (C=O) groups excluding carboxylic acids is 1. The minimum Gasteiger partial charge on any atom is -0.481 e. The Balaban J connectivity index is 1.90. The smallest absolute Gasteiger partial charge is 0.261 e. The summed E-state index contributed by atoms with van der Waals surface area (Å²) >= 11 is 8.25. The first-order chi connectivity index (χ1) is 10.1. The van der Waals surface area contributed by atoms with E-state index in [4.69, 9.17) is 16.3 Å². The highest BCUT2D eigenvalue weighted by molar-refractivity contribution is 14.1. The van der Waals surface area contributed by atoms with Crippen molar-refractivity contribution >= 4 is 40.1 Å². The maximum Gasteiger partial charge on any atom is 0.261 e. The normalized spacial score (nSPS) is 11.8. The summed E-state index contributed by atoms with van der Waals surface area (Å²) in [6, 6.07) is 15.0. The van der Waals surface area contributed by atoms with Crippen molar-refractivity contribution in [2.75, 3.05) is 0 Å². The van der Waals surface area contributed by atoms with Gasteiger partial charge in [-0.2, -0.15) is 0 Å². The third kappa shape index (κ3) is 4.89. The molecule has 0 saturated carbocycles. The van der Waals surface area contributed by atoms with Crippen LogP contribution in [0.3, 0.4) is 0 Å². The Labute approximate surface area is 142 Å². The van der Waals surface area contributed by atoms with Gasteiger partial charge >= 0.3 is 0 Å². The van der Waals surface area contributed by atoms with E-state index in [1.165, 1.54) is 0 Å². The summed E-state index contributed by atoms with van der Waals surface area (Å²) in [6.07, 6.45) is -0.564. The molecule has 0 bridgehead atoms. The summed E-state index contributed by atoms with van der Waals surface area (Å²) in [5.41, 5.74) is 0.883. The monoisotopic (exact) mass is 415 g/mol. The fourth-order valence-electron chi connectivity index (χ4n) is 1.77. The average molecular weight is 416 g/mol. The van der Waals surface area contributed by atoms with Crippen LogP contribution < -0.4 is 10.1 Å². The van der Waals surface area contributed by atoms with Crippen molar-refractivity contribution in [1.29, 1.82) is 0 Å². The van der Waals surface area contributed by atoms with Gasteiger partial charge in [0.2, 0.25) is 0 Å². The van der Waals surface area contributed by atoms with E-state index < -0.39 is 6.10 Å². The molecule has 0 aliphatic carbocycles. The van der Waals surface area contributed by atoms with Crippen LogP contribution in [0.4, 0.5) is 0 Å². The first-order valence-corrected chi connectivity index (χ1v) is 7.95. The fraction of sp³-hybridized carbons (Fsp3) is 0.188. The predicted octanol–water partition coefficient (Wildman–Crippen LogP) is 4.03. The Morgan fingerprint density at radius 3 is 2.76 bits per heavy atom. The summed E-state index contributed by atoms with van der Waals surface area (Å²) < 4.78 is 6.69. The van der Waals surface area contributed by atoms with Crippen molar-refractivity contribution in [3.63, 3.8) is 0 Å². The number of halogens is 2. The van der Waals surface area contributed by atoms with Crippen LogP contribution in [0.15, 0.2) is 48.5 Å². The molecule has 0 spiro atoms. The molecule has 0 heterocycles. The summed E-state index contributed by atoms with van der Waals surface area (Å²) in [6.45, 7) is 2.11. The maximum absolute atomic E-state index is 12.0. The molecule has 1 amide bonds. The number of rotatable bonds is 5. The van der Waals surface area contributed by atoms with Gasteiger partial charge < -0.3 is 10.1 Å². The Hall–Kier alpha value is -1.27. The lowest BCUT2D eigenvalue weighted by Crippen LogP contribution is -2.35. The lowest BCUT2D eigenvalue weighted by atomic mass is 10.2. The zero-order chi connectivity index (χ0) is 15.2. The molecule has 3 nitrogen and oxygen atoms in total. The molecule has 110 valence electrons. The first-order valence-electron chi connectivity index (χ1n) is 6.49. The van der Waals surface area contributed by atoms with Gasteiger partial charge in [0.15, 0.2) is 6.10 Å². The molecule has 0 fully saturated rings. The minimum absolute atomic E-state index is 0.172. The van der Waals surface area contributed by atoms with E-state index in [1.54, 1.807) is 13.0 Å². The van der Waals surface area contributed by atoms with Crippen LogP contribution in [0, 0.1) is 3.57 Å². The number of benzene rings is 2. The molecular formula is C16H15ClINO2. The van der Waals surface area contributed by atoms with E-state index in [9.17, 15) is 4.79 Å². The second-order valence-corrected chi connectivity index (χ2v) is 6.18.